The maximum atomic E-state index is 11.9. The Kier molecular flexibility index (Phi) is 6.16. The summed E-state index contributed by atoms with van der Waals surface area (Å²) in [5.41, 5.74) is 6.42. The van der Waals surface area contributed by atoms with Gasteiger partial charge in [0.2, 0.25) is 5.91 Å². The zero-order valence-electron chi connectivity index (χ0n) is 18.1. The van der Waals surface area contributed by atoms with Crippen molar-refractivity contribution in [3.8, 4) is 0 Å². The van der Waals surface area contributed by atoms with Gasteiger partial charge in [-0.3, -0.25) is 4.79 Å². The molecule has 1 aromatic carbocycles. The highest BCUT2D eigenvalue weighted by molar-refractivity contribution is 14.2. The summed E-state index contributed by atoms with van der Waals surface area (Å²) in [6.07, 6.45) is 8.72. The number of nitrogens with zero attached hydrogens (tertiary/aromatic N) is 6. The summed E-state index contributed by atoms with van der Waals surface area (Å²) in [4.78, 5) is 25.4. The second-order valence-electron chi connectivity index (χ2n) is 8.45. The van der Waals surface area contributed by atoms with E-state index in [0.717, 1.165) is 43.9 Å². The molecule has 5 rings (SSSR count). The average Bonchev–Trinajstić information content (AvgIpc) is 3.26. The highest BCUT2D eigenvalue weighted by Gasteiger charge is 2.29. The Morgan fingerprint density at radius 3 is 2.81 bits per heavy atom. The number of carbonyl (C=O) groups is 1. The maximum Gasteiger partial charge on any atom is 0.246 e. The summed E-state index contributed by atoms with van der Waals surface area (Å²) in [6.45, 7) is 8.81. The number of anilines is 1. The molecule has 3 aromatic rings. The van der Waals surface area contributed by atoms with E-state index in [-0.39, 0.29) is 5.91 Å². The number of rotatable bonds is 4. The van der Waals surface area contributed by atoms with Gasteiger partial charge in [0.15, 0.2) is 0 Å². The molecular formula is C23H26IN6OP. The molecule has 3 heterocycles. The fourth-order valence-electron chi connectivity index (χ4n) is 5.15. The van der Waals surface area contributed by atoms with Crippen LogP contribution in [0.25, 0.3) is 10.9 Å². The van der Waals surface area contributed by atoms with Crippen molar-refractivity contribution in [1.29, 1.82) is 0 Å². The molecule has 0 saturated carbocycles. The molecule has 32 heavy (non-hydrogen) atoms. The van der Waals surface area contributed by atoms with E-state index in [2.05, 4.69) is 67.1 Å². The summed E-state index contributed by atoms with van der Waals surface area (Å²) in [6, 6.07) is 4.43. The molecule has 2 aliphatic rings. The Hall–Kier alpha value is -2.06. The average molecular weight is 560 g/mol. The molecule has 0 N–H and O–H groups in total. The number of hydrogen-bond donors (Lipinski definition) is 0. The minimum atomic E-state index is 0.00757. The van der Waals surface area contributed by atoms with Gasteiger partial charge in [0.1, 0.15) is 12.1 Å². The third kappa shape index (κ3) is 3.81. The molecule has 0 radical (unpaired) electrons. The zero-order valence-corrected chi connectivity index (χ0v) is 21.2. The van der Waals surface area contributed by atoms with Crippen LogP contribution in [0.3, 0.4) is 0 Å². The van der Waals surface area contributed by atoms with Crippen molar-refractivity contribution in [2.75, 3.05) is 31.1 Å². The Bertz CT molecular complexity index is 1190. The van der Waals surface area contributed by atoms with Crippen molar-refractivity contribution in [2.45, 2.75) is 32.1 Å². The van der Waals surface area contributed by atoms with Crippen molar-refractivity contribution < 1.29 is 4.79 Å². The fourth-order valence-corrected chi connectivity index (χ4v) is 6.69. The van der Waals surface area contributed by atoms with Crippen LogP contribution in [0, 0.1) is 6.92 Å². The number of carbonyl (C=O) groups excluding carboxylic acids is 1. The van der Waals surface area contributed by atoms with Crippen LogP contribution in [0.15, 0.2) is 37.3 Å². The van der Waals surface area contributed by atoms with E-state index >= 15 is 0 Å². The predicted octanol–water partition coefficient (Wildman–Crippen LogP) is 4.03. The number of amides is 1. The van der Waals surface area contributed by atoms with E-state index in [1.807, 2.05) is 11.1 Å². The van der Waals surface area contributed by atoms with Crippen LogP contribution in [0.5, 0.6) is 0 Å². The first-order valence-corrected chi connectivity index (χ1v) is 15.0. The molecule has 0 spiro atoms. The van der Waals surface area contributed by atoms with Crippen molar-refractivity contribution >= 4 is 51.0 Å². The molecule has 1 aliphatic carbocycles. The molecule has 9 heteroatoms. The first-order valence-electron chi connectivity index (χ1n) is 10.9. The van der Waals surface area contributed by atoms with E-state index < -0.39 is 0 Å². The molecular weight excluding hydrogens is 534 g/mol. The van der Waals surface area contributed by atoms with Gasteiger partial charge >= 0.3 is 0 Å². The summed E-state index contributed by atoms with van der Waals surface area (Å²) in [5, 5.41) is 5.89. The normalized spacial score (nSPS) is 19.0. The zero-order chi connectivity index (χ0) is 22.2. The van der Waals surface area contributed by atoms with Crippen molar-refractivity contribution in [1.82, 2.24) is 24.4 Å². The molecule has 1 aliphatic heterocycles. The lowest BCUT2D eigenvalue weighted by Crippen LogP contribution is -2.49. The molecule has 0 bridgehead atoms. The minimum absolute atomic E-state index is 0.00757. The van der Waals surface area contributed by atoms with Gasteiger partial charge in [-0.25, -0.2) is 14.4 Å². The summed E-state index contributed by atoms with van der Waals surface area (Å²) in [5.74, 6) is 1.49. The van der Waals surface area contributed by atoms with Crippen LogP contribution >= 0.6 is 28.4 Å². The van der Waals surface area contributed by atoms with Gasteiger partial charge in [-0.1, -0.05) is 12.6 Å². The third-order valence-electron chi connectivity index (χ3n) is 6.76. The predicted molar refractivity (Wildman–Crippen MR) is 138 cm³/mol. The largest absolute Gasteiger partial charge is 0.353 e. The number of aromatic nitrogens is 4. The Balaban J connectivity index is 1.41. The van der Waals surface area contributed by atoms with Crippen molar-refractivity contribution in [2.24, 2.45) is 0 Å². The lowest BCUT2D eigenvalue weighted by molar-refractivity contribution is -0.126. The molecule has 2 unspecified atom stereocenters. The van der Waals surface area contributed by atoms with E-state index in [9.17, 15) is 4.79 Å². The molecule has 2 atom stereocenters. The summed E-state index contributed by atoms with van der Waals surface area (Å²) >= 11 is 2.38. The van der Waals surface area contributed by atoms with Gasteiger partial charge in [-0.15, -0.1) is 0 Å². The lowest BCUT2D eigenvalue weighted by atomic mass is 9.79. The molecule has 1 fully saturated rings. The Morgan fingerprint density at radius 1 is 1.25 bits per heavy atom. The smallest absolute Gasteiger partial charge is 0.246 e. The van der Waals surface area contributed by atoms with Crippen LogP contribution in [0.4, 0.5) is 5.82 Å². The molecule has 1 amide bonds. The van der Waals surface area contributed by atoms with Crippen LogP contribution in [0.2, 0.25) is 0 Å². The molecule has 2 aromatic heterocycles. The second kappa shape index (κ2) is 9.06. The van der Waals surface area contributed by atoms with E-state index in [1.54, 1.807) is 6.33 Å². The number of hydrogen-bond acceptors (Lipinski definition) is 5. The second-order valence-corrected chi connectivity index (χ2v) is 10.5. The van der Waals surface area contributed by atoms with E-state index in [0.29, 0.717) is 25.4 Å². The van der Waals surface area contributed by atoms with E-state index in [4.69, 9.17) is 4.98 Å². The van der Waals surface area contributed by atoms with E-state index in [1.165, 1.54) is 33.7 Å². The monoisotopic (exact) mass is 560 g/mol. The molecule has 1 saturated heterocycles. The Morgan fingerprint density at radius 2 is 2.06 bits per heavy atom. The van der Waals surface area contributed by atoms with Gasteiger partial charge in [0, 0.05) is 42.8 Å². The van der Waals surface area contributed by atoms with Crippen LogP contribution in [-0.4, -0.2) is 56.5 Å². The highest BCUT2D eigenvalue weighted by atomic mass is 127. The SMILES string of the molecule is C=CC(=O)N1CCN(c2ncnc3c2CCC(c2c(C)ccc4c2cnn4PI)C3)CC1. The first-order chi connectivity index (χ1) is 15.6. The number of piperazine rings is 1. The highest BCUT2D eigenvalue weighted by Crippen LogP contribution is 2.40. The molecule has 166 valence electrons. The first kappa shape index (κ1) is 21.8. The van der Waals surface area contributed by atoms with Gasteiger partial charge in [0.05, 0.1) is 18.1 Å². The fraction of sp³-hybridized carbons (Fsp3) is 0.391. The third-order valence-corrected chi connectivity index (χ3v) is 8.65. The topological polar surface area (TPSA) is 67.2 Å². The van der Waals surface area contributed by atoms with Crippen LogP contribution in [-0.2, 0) is 17.6 Å². The van der Waals surface area contributed by atoms with Gasteiger partial charge in [0.25, 0.3) is 0 Å². The standard InChI is InChI=1S/C23H26IN6OP/c1-3-21(31)28-8-10-29(11-9-28)23-17-6-5-16(12-19(17)25-14-26-23)22-15(2)4-7-20-18(22)13-27-30(20)32-24/h3-4,7,13-14,16,32H,1,5-6,8-12H2,2H3. The maximum absolute atomic E-state index is 11.9. The summed E-state index contributed by atoms with van der Waals surface area (Å²) < 4.78 is 2.09. The minimum Gasteiger partial charge on any atom is -0.353 e. The summed E-state index contributed by atoms with van der Waals surface area (Å²) in [7, 11) is 0. The van der Waals surface area contributed by atoms with Gasteiger partial charge < -0.3 is 9.80 Å². The lowest BCUT2D eigenvalue weighted by Gasteiger charge is -2.37. The Labute approximate surface area is 202 Å². The molecule has 7 nitrogen and oxygen atoms in total. The number of benzene rings is 1. The quantitative estimate of drug-likeness (QED) is 0.274. The van der Waals surface area contributed by atoms with Crippen LogP contribution in [0.1, 0.15) is 34.7 Å². The van der Waals surface area contributed by atoms with Crippen molar-refractivity contribution in [3.63, 3.8) is 0 Å². The van der Waals surface area contributed by atoms with Gasteiger partial charge in [-0.2, -0.15) is 5.10 Å². The number of aryl methyl sites for hydroxylation is 1. The van der Waals surface area contributed by atoms with Crippen LogP contribution < -0.4 is 4.90 Å². The van der Waals surface area contributed by atoms with Gasteiger partial charge in [-0.05, 0) is 77.4 Å². The van der Waals surface area contributed by atoms with Crippen molar-refractivity contribution in [3.05, 3.63) is 59.7 Å². The number of halogens is 1. The number of fused-ring (bicyclic) bond motifs is 2.